The van der Waals surface area contributed by atoms with Crippen molar-refractivity contribution in [2.24, 2.45) is 0 Å². The predicted octanol–water partition coefficient (Wildman–Crippen LogP) is 4.53. The predicted molar refractivity (Wildman–Crippen MR) is 142 cm³/mol. The second kappa shape index (κ2) is 10.8. The zero-order chi connectivity index (χ0) is 27.4. The Labute approximate surface area is 220 Å². The summed E-state index contributed by atoms with van der Waals surface area (Å²) in [5, 5.41) is 19.5. The highest BCUT2D eigenvalue weighted by Crippen LogP contribution is 2.28. The van der Waals surface area contributed by atoms with E-state index in [0.29, 0.717) is 11.4 Å². The number of aromatic amines is 1. The summed E-state index contributed by atoms with van der Waals surface area (Å²) < 4.78 is 35.3. The van der Waals surface area contributed by atoms with Crippen molar-refractivity contribution < 1.29 is 18.3 Å². The molecule has 11 heteroatoms. The van der Waals surface area contributed by atoms with Gasteiger partial charge in [-0.3, -0.25) is 19.3 Å². The average molecular weight is 527 g/mol. The minimum atomic E-state index is -0.765. The second-order valence-corrected chi connectivity index (χ2v) is 8.26. The number of amides is 1. The van der Waals surface area contributed by atoms with Crippen molar-refractivity contribution in [2.75, 3.05) is 5.32 Å². The number of H-pyrrole nitrogens is 1. The van der Waals surface area contributed by atoms with Gasteiger partial charge in [-0.05, 0) is 60.7 Å². The lowest BCUT2D eigenvalue weighted by atomic mass is 10.1. The molecule has 0 aliphatic carbocycles. The fourth-order valence-electron chi connectivity index (χ4n) is 3.81. The first-order valence-corrected chi connectivity index (χ1v) is 11.6. The highest BCUT2D eigenvalue weighted by atomic mass is 19.1. The summed E-state index contributed by atoms with van der Waals surface area (Å²) >= 11 is 0. The third kappa shape index (κ3) is 5.42. The molecule has 1 amide bonds. The van der Waals surface area contributed by atoms with E-state index in [9.17, 15) is 14.0 Å². The zero-order valence-electron chi connectivity index (χ0n) is 20.1. The molecule has 5 rings (SSSR count). The molecule has 9 nitrogen and oxygen atoms in total. The van der Waals surface area contributed by atoms with Gasteiger partial charge >= 0.3 is 0 Å². The normalized spacial score (nSPS) is 13.7. The highest BCUT2D eigenvalue weighted by molar-refractivity contribution is 6.04. The number of dihydropyridines is 1. The van der Waals surface area contributed by atoms with Crippen molar-refractivity contribution >= 4 is 23.4 Å². The van der Waals surface area contributed by atoms with Gasteiger partial charge in [-0.1, -0.05) is 0 Å². The number of halogens is 2. The summed E-state index contributed by atoms with van der Waals surface area (Å²) in [6, 6.07) is 11.9. The molecule has 0 fully saturated rings. The van der Waals surface area contributed by atoms with E-state index < -0.39 is 23.1 Å². The number of anilines is 1. The van der Waals surface area contributed by atoms with Gasteiger partial charge in [0, 0.05) is 53.4 Å². The number of carbonyl (C=O) groups is 1. The summed E-state index contributed by atoms with van der Waals surface area (Å²) in [5.74, 6) is -1.82. The maximum absolute atomic E-state index is 15.0. The van der Waals surface area contributed by atoms with Crippen LogP contribution in [0.25, 0.3) is 11.3 Å². The zero-order valence-corrected chi connectivity index (χ0v) is 20.1. The molecule has 4 N–H and O–H groups in total. The van der Waals surface area contributed by atoms with Gasteiger partial charge in [-0.15, -0.1) is 0 Å². The second-order valence-electron chi connectivity index (χ2n) is 8.26. The Morgan fingerprint density at radius 1 is 1.13 bits per heavy atom. The van der Waals surface area contributed by atoms with Crippen molar-refractivity contribution in [3.05, 3.63) is 136 Å². The number of allylic oxidation sites excluding steroid dienone is 3. The maximum Gasteiger partial charge on any atom is 0.267 e. The van der Waals surface area contributed by atoms with Gasteiger partial charge in [0.05, 0.1) is 11.9 Å². The minimum Gasteiger partial charge on any atom is -0.452 e. The van der Waals surface area contributed by atoms with E-state index in [1.165, 1.54) is 65.4 Å². The lowest BCUT2D eigenvalue weighted by Crippen LogP contribution is -2.27. The van der Waals surface area contributed by atoms with Crippen LogP contribution in [0.1, 0.15) is 15.9 Å². The molecular formula is C28H20F2N6O3. The minimum absolute atomic E-state index is 0.103. The maximum atomic E-state index is 15.0. The molecule has 0 unspecified atom stereocenters. The molecule has 0 spiro atoms. The number of carbonyl (C=O) groups excluding carboxylic acids is 1. The molecule has 0 atom stereocenters. The molecule has 1 aliphatic rings. The number of hydrogen-bond donors (Lipinski definition) is 4. The summed E-state index contributed by atoms with van der Waals surface area (Å²) in [5.41, 5.74) is 1.63. The Morgan fingerprint density at radius 3 is 2.67 bits per heavy atom. The number of nitrogens with zero attached hydrogens (tertiary/aromatic N) is 2. The molecule has 4 aromatic rings. The van der Waals surface area contributed by atoms with Gasteiger partial charge in [0.1, 0.15) is 11.4 Å². The van der Waals surface area contributed by atoms with Gasteiger partial charge in [0.25, 0.3) is 11.5 Å². The smallest absolute Gasteiger partial charge is 0.267 e. The van der Waals surface area contributed by atoms with Crippen LogP contribution in [0.2, 0.25) is 0 Å². The third-order valence-electron chi connectivity index (χ3n) is 5.72. The van der Waals surface area contributed by atoms with Crippen LogP contribution in [-0.2, 0) is 0 Å². The van der Waals surface area contributed by atoms with E-state index in [4.69, 9.17) is 10.1 Å². The highest BCUT2D eigenvalue weighted by Gasteiger charge is 2.18. The third-order valence-corrected chi connectivity index (χ3v) is 5.72. The van der Waals surface area contributed by atoms with Crippen molar-refractivity contribution in [3.63, 3.8) is 0 Å². The van der Waals surface area contributed by atoms with E-state index in [1.807, 2.05) is 0 Å². The summed E-state index contributed by atoms with van der Waals surface area (Å²) in [6.07, 6.45) is 10.7. The molecule has 0 radical (unpaired) electrons. The van der Waals surface area contributed by atoms with Crippen molar-refractivity contribution in [2.45, 2.75) is 0 Å². The molecule has 0 saturated carbocycles. The number of aromatic nitrogens is 3. The van der Waals surface area contributed by atoms with Crippen molar-refractivity contribution in [3.8, 4) is 11.4 Å². The summed E-state index contributed by atoms with van der Waals surface area (Å²) in [4.78, 5) is 25.7. The largest absolute Gasteiger partial charge is 0.452 e. The van der Waals surface area contributed by atoms with Crippen LogP contribution in [-0.4, -0.2) is 26.9 Å². The summed E-state index contributed by atoms with van der Waals surface area (Å²) in [7, 11) is 0. The molecule has 3 heterocycles. The van der Waals surface area contributed by atoms with E-state index in [2.05, 4.69) is 20.8 Å². The van der Waals surface area contributed by atoms with E-state index in [0.717, 1.165) is 23.4 Å². The number of pyridine rings is 1. The number of benzene rings is 2. The molecule has 1 aliphatic heterocycles. The SMILES string of the molecule is N=C/C=C1\NC=C(c2cn[nH]c2)C=C1Oc1ccc(NC(=O)c2cccn(-c3ccc(F)cc3)c2=O)cc1F. The van der Waals surface area contributed by atoms with Crippen molar-refractivity contribution in [1.29, 1.82) is 5.41 Å². The molecule has 0 saturated heterocycles. The topological polar surface area (TPSA) is 125 Å². The van der Waals surface area contributed by atoms with E-state index in [-0.39, 0.29) is 22.8 Å². The van der Waals surface area contributed by atoms with Gasteiger partial charge < -0.3 is 20.8 Å². The molecule has 0 bridgehead atoms. The number of hydrogen-bond acceptors (Lipinski definition) is 6. The van der Waals surface area contributed by atoms with Gasteiger partial charge in [0.15, 0.2) is 17.3 Å². The van der Waals surface area contributed by atoms with Crippen LogP contribution in [0.4, 0.5) is 14.5 Å². The summed E-state index contributed by atoms with van der Waals surface area (Å²) in [6.45, 7) is 0. The Balaban J connectivity index is 1.36. The van der Waals surface area contributed by atoms with Crippen LogP contribution in [0.3, 0.4) is 0 Å². The van der Waals surface area contributed by atoms with Crippen molar-refractivity contribution in [1.82, 2.24) is 20.1 Å². The first-order valence-electron chi connectivity index (χ1n) is 11.6. The quantitative estimate of drug-likeness (QED) is 0.263. The Hall–Kier alpha value is -5.58. The molecular weight excluding hydrogens is 506 g/mol. The van der Waals surface area contributed by atoms with E-state index >= 15 is 4.39 Å². The Bertz CT molecular complexity index is 1700. The fraction of sp³-hybridized carbons (Fsp3) is 0. The van der Waals surface area contributed by atoms with Gasteiger partial charge in [-0.25, -0.2) is 8.78 Å². The Morgan fingerprint density at radius 2 is 1.95 bits per heavy atom. The first kappa shape index (κ1) is 25.1. The van der Waals surface area contributed by atoms with Crippen LogP contribution >= 0.6 is 0 Å². The fourth-order valence-corrected chi connectivity index (χ4v) is 3.81. The molecule has 39 heavy (non-hydrogen) atoms. The number of nitrogens with one attached hydrogen (secondary N) is 4. The number of rotatable bonds is 7. The van der Waals surface area contributed by atoms with Crippen LogP contribution in [0.15, 0.2) is 108 Å². The molecule has 2 aromatic carbocycles. The van der Waals surface area contributed by atoms with Crippen LogP contribution < -0.4 is 20.9 Å². The van der Waals surface area contributed by atoms with E-state index in [1.54, 1.807) is 24.7 Å². The average Bonchev–Trinajstić information content (AvgIpc) is 3.47. The van der Waals surface area contributed by atoms with Gasteiger partial charge in [-0.2, -0.15) is 5.10 Å². The van der Waals surface area contributed by atoms with Gasteiger partial charge in [0.2, 0.25) is 0 Å². The number of ether oxygens (including phenoxy) is 1. The van der Waals surface area contributed by atoms with Crippen LogP contribution in [0.5, 0.6) is 5.75 Å². The molecule has 194 valence electrons. The van der Waals surface area contributed by atoms with Crippen LogP contribution in [0, 0.1) is 17.0 Å². The lowest BCUT2D eigenvalue weighted by molar-refractivity contribution is 0.102. The molecule has 2 aromatic heterocycles. The lowest BCUT2D eigenvalue weighted by Gasteiger charge is -2.19. The first-order chi connectivity index (χ1) is 18.9. The monoisotopic (exact) mass is 526 g/mol. The standard InChI is InChI=1S/C28H20F2N6O3/c29-19-3-6-21(7-4-19)36-11-1-2-22(28(36)38)27(37)35-20-5-8-25(23(30)13-20)39-26-12-17(18-15-33-34-16-18)14-32-24(26)9-10-31/h1-16,31-32H,(H,33,34)(H,35,37)/b24-9-,31-10?. The Kier molecular flexibility index (Phi) is 6.95.